The van der Waals surface area contributed by atoms with Crippen LogP contribution in [0.2, 0.25) is 0 Å². The highest BCUT2D eigenvalue weighted by Gasteiger charge is 2.31. The Hall–Kier alpha value is -3.69. The number of pyridine rings is 1. The van der Waals surface area contributed by atoms with Gasteiger partial charge >= 0.3 is 0 Å². The number of aromatic nitrogens is 6. The van der Waals surface area contributed by atoms with Crippen molar-refractivity contribution < 1.29 is 9.53 Å². The molecular formula is C24H28N8O2. The number of carbonyl (C=O) groups is 1. The second-order valence-electron chi connectivity index (χ2n) is 9.22. The van der Waals surface area contributed by atoms with E-state index in [1.807, 2.05) is 33.8 Å². The molecule has 1 aliphatic heterocycles. The predicted molar refractivity (Wildman–Crippen MR) is 128 cm³/mol. The zero-order chi connectivity index (χ0) is 23.1. The number of carbonyl (C=O) groups excluding carboxylic acids is 1. The molecule has 6 rings (SSSR count). The quantitative estimate of drug-likeness (QED) is 0.470. The number of hydrogen-bond donors (Lipinski definition) is 2. The van der Waals surface area contributed by atoms with Gasteiger partial charge in [-0.15, -0.1) is 10.2 Å². The SMILES string of the molecule is COc1nc(N[C@H]2CC[C@@H](C(=O)N3CCCC3)CC2)nc2[nH]cc(-c3ccc4nncn4c3)c12. The Labute approximate surface area is 196 Å². The van der Waals surface area contributed by atoms with Crippen molar-refractivity contribution in [3.05, 3.63) is 30.9 Å². The average molecular weight is 461 g/mol. The molecule has 4 aromatic heterocycles. The van der Waals surface area contributed by atoms with Gasteiger partial charge in [-0.05, 0) is 50.7 Å². The first-order chi connectivity index (χ1) is 16.7. The van der Waals surface area contributed by atoms with Gasteiger partial charge in [0.25, 0.3) is 0 Å². The first-order valence-corrected chi connectivity index (χ1v) is 12.0. The van der Waals surface area contributed by atoms with E-state index >= 15 is 0 Å². The van der Waals surface area contributed by atoms with Crippen molar-refractivity contribution >= 4 is 28.5 Å². The van der Waals surface area contributed by atoms with Crippen LogP contribution in [0.3, 0.4) is 0 Å². The van der Waals surface area contributed by atoms with Crippen molar-refractivity contribution in [2.24, 2.45) is 5.92 Å². The average Bonchev–Trinajstić information content (AvgIpc) is 3.64. The normalized spacial score (nSPS) is 20.8. The van der Waals surface area contributed by atoms with Crippen LogP contribution in [-0.4, -0.2) is 66.6 Å². The lowest BCUT2D eigenvalue weighted by molar-refractivity contribution is -0.135. The Morgan fingerprint density at radius 3 is 2.76 bits per heavy atom. The van der Waals surface area contributed by atoms with E-state index in [9.17, 15) is 4.79 Å². The highest BCUT2D eigenvalue weighted by Crippen LogP contribution is 2.35. The summed E-state index contributed by atoms with van der Waals surface area (Å²) in [5.74, 6) is 1.56. The van der Waals surface area contributed by atoms with Gasteiger partial charge in [0, 0.05) is 48.6 Å². The largest absolute Gasteiger partial charge is 0.480 e. The summed E-state index contributed by atoms with van der Waals surface area (Å²) in [5.41, 5.74) is 3.44. The second-order valence-corrected chi connectivity index (χ2v) is 9.22. The van der Waals surface area contributed by atoms with Gasteiger partial charge in [0.1, 0.15) is 12.0 Å². The summed E-state index contributed by atoms with van der Waals surface area (Å²) >= 11 is 0. The summed E-state index contributed by atoms with van der Waals surface area (Å²) in [7, 11) is 1.63. The second kappa shape index (κ2) is 8.58. The van der Waals surface area contributed by atoms with Crippen LogP contribution in [0.1, 0.15) is 38.5 Å². The van der Waals surface area contributed by atoms with Gasteiger partial charge in [0.2, 0.25) is 17.7 Å². The molecular weight excluding hydrogens is 432 g/mol. The van der Waals surface area contributed by atoms with Gasteiger partial charge in [0.15, 0.2) is 5.65 Å². The van der Waals surface area contributed by atoms with E-state index in [-0.39, 0.29) is 12.0 Å². The lowest BCUT2D eigenvalue weighted by Crippen LogP contribution is -2.37. The van der Waals surface area contributed by atoms with Gasteiger partial charge in [-0.25, -0.2) is 0 Å². The van der Waals surface area contributed by atoms with Crippen LogP contribution in [0.25, 0.3) is 27.8 Å². The fourth-order valence-electron chi connectivity index (χ4n) is 5.29. The number of nitrogens with one attached hydrogen (secondary N) is 2. The summed E-state index contributed by atoms with van der Waals surface area (Å²) in [6.07, 6.45) is 11.5. The Bertz CT molecular complexity index is 1330. The molecule has 1 saturated carbocycles. The number of rotatable bonds is 5. The Morgan fingerprint density at radius 1 is 1.15 bits per heavy atom. The summed E-state index contributed by atoms with van der Waals surface area (Å²) < 4.78 is 7.54. The van der Waals surface area contributed by atoms with E-state index in [2.05, 4.69) is 25.5 Å². The lowest BCUT2D eigenvalue weighted by atomic mass is 9.85. The molecule has 2 fully saturated rings. The van der Waals surface area contributed by atoms with Crippen molar-refractivity contribution in [3.63, 3.8) is 0 Å². The molecule has 2 N–H and O–H groups in total. The van der Waals surface area contributed by atoms with Gasteiger partial charge in [0.05, 0.1) is 12.5 Å². The highest BCUT2D eigenvalue weighted by molar-refractivity contribution is 5.97. The number of methoxy groups -OCH3 is 1. The van der Waals surface area contributed by atoms with Crippen molar-refractivity contribution in [2.75, 3.05) is 25.5 Å². The molecule has 2 aliphatic rings. The number of hydrogen-bond acceptors (Lipinski definition) is 7. The fourth-order valence-corrected chi connectivity index (χ4v) is 5.29. The zero-order valence-electron chi connectivity index (χ0n) is 19.2. The Kier molecular flexibility index (Phi) is 5.27. The monoisotopic (exact) mass is 460 g/mol. The number of amides is 1. The lowest BCUT2D eigenvalue weighted by Gasteiger charge is -2.30. The van der Waals surface area contributed by atoms with Crippen LogP contribution >= 0.6 is 0 Å². The molecule has 0 radical (unpaired) electrons. The number of fused-ring (bicyclic) bond motifs is 2. The van der Waals surface area contributed by atoms with Crippen LogP contribution in [-0.2, 0) is 4.79 Å². The van der Waals surface area contributed by atoms with Gasteiger partial charge < -0.3 is 19.9 Å². The number of ether oxygens (including phenoxy) is 1. The summed E-state index contributed by atoms with van der Waals surface area (Å²) in [6, 6.07) is 4.17. The number of likely N-dealkylation sites (tertiary alicyclic amines) is 1. The van der Waals surface area contributed by atoms with Gasteiger partial charge in [-0.1, -0.05) is 0 Å². The molecule has 10 nitrogen and oxygen atoms in total. The van der Waals surface area contributed by atoms with E-state index in [1.165, 1.54) is 0 Å². The van der Waals surface area contributed by atoms with Crippen molar-refractivity contribution in [1.29, 1.82) is 0 Å². The Balaban J connectivity index is 1.20. The van der Waals surface area contributed by atoms with E-state index in [0.717, 1.165) is 73.8 Å². The Morgan fingerprint density at radius 2 is 1.97 bits per heavy atom. The number of H-pyrrole nitrogens is 1. The minimum absolute atomic E-state index is 0.156. The topological polar surface area (TPSA) is 113 Å². The molecule has 1 amide bonds. The fraction of sp³-hybridized carbons (Fsp3) is 0.458. The van der Waals surface area contributed by atoms with Crippen LogP contribution in [0.4, 0.5) is 5.95 Å². The van der Waals surface area contributed by atoms with E-state index in [4.69, 9.17) is 9.72 Å². The first-order valence-electron chi connectivity index (χ1n) is 12.0. The standard InChI is InChI=1S/C24H28N8O2/c1-34-22-20-18(16-6-9-19-30-26-14-32(19)13-16)12-25-21(20)28-24(29-22)27-17-7-4-15(5-8-17)23(33)31-10-2-3-11-31/h6,9,12-15,17H,2-5,7-8,10-11H2,1H3,(H2,25,27,28,29)/t15-,17+. The van der Waals surface area contributed by atoms with E-state index < -0.39 is 0 Å². The molecule has 10 heteroatoms. The highest BCUT2D eigenvalue weighted by atomic mass is 16.5. The minimum atomic E-state index is 0.156. The van der Waals surface area contributed by atoms with E-state index in [0.29, 0.717) is 23.4 Å². The van der Waals surface area contributed by atoms with Gasteiger partial charge in [-0.2, -0.15) is 9.97 Å². The molecule has 5 heterocycles. The smallest absolute Gasteiger partial charge is 0.228 e. The number of aromatic amines is 1. The maximum atomic E-state index is 12.7. The molecule has 176 valence electrons. The van der Waals surface area contributed by atoms with Crippen LogP contribution < -0.4 is 10.1 Å². The van der Waals surface area contributed by atoms with Crippen molar-refractivity contribution in [1.82, 2.24) is 34.4 Å². The maximum Gasteiger partial charge on any atom is 0.228 e. The molecule has 0 atom stereocenters. The molecule has 0 unspecified atom stereocenters. The molecule has 1 aliphatic carbocycles. The minimum Gasteiger partial charge on any atom is -0.480 e. The molecule has 34 heavy (non-hydrogen) atoms. The third kappa shape index (κ3) is 3.72. The maximum absolute atomic E-state index is 12.7. The summed E-state index contributed by atoms with van der Waals surface area (Å²) in [4.78, 5) is 27.4. The molecule has 0 aromatic carbocycles. The molecule has 0 spiro atoms. The van der Waals surface area contributed by atoms with E-state index in [1.54, 1.807) is 13.4 Å². The first kappa shape index (κ1) is 20.9. The van der Waals surface area contributed by atoms with Gasteiger partial charge in [-0.3, -0.25) is 9.20 Å². The molecule has 4 aromatic rings. The third-order valence-corrected chi connectivity index (χ3v) is 7.12. The number of nitrogens with zero attached hydrogens (tertiary/aromatic N) is 6. The predicted octanol–water partition coefficient (Wildman–Crippen LogP) is 3.27. The third-order valence-electron chi connectivity index (χ3n) is 7.12. The summed E-state index contributed by atoms with van der Waals surface area (Å²) in [6.45, 7) is 1.85. The number of anilines is 1. The molecule has 0 bridgehead atoms. The van der Waals surface area contributed by atoms with Crippen LogP contribution in [0.5, 0.6) is 5.88 Å². The van der Waals surface area contributed by atoms with Crippen LogP contribution in [0.15, 0.2) is 30.9 Å². The van der Waals surface area contributed by atoms with Crippen molar-refractivity contribution in [3.8, 4) is 17.0 Å². The summed E-state index contributed by atoms with van der Waals surface area (Å²) in [5, 5.41) is 12.3. The van der Waals surface area contributed by atoms with Crippen molar-refractivity contribution in [2.45, 2.75) is 44.6 Å². The zero-order valence-corrected chi connectivity index (χ0v) is 19.2. The van der Waals surface area contributed by atoms with Crippen LogP contribution in [0, 0.1) is 5.92 Å². The molecule has 1 saturated heterocycles.